The van der Waals surface area contributed by atoms with Gasteiger partial charge in [-0.2, -0.15) is 10.2 Å². The number of aromatic hydroxyl groups is 1. The number of aromatic nitrogens is 2. The molecule has 0 bridgehead atoms. The maximum Gasteiger partial charge on any atom is 0.320 e. The Kier molecular flexibility index (Phi) is 5.07. The summed E-state index contributed by atoms with van der Waals surface area (Å²) in [6, 6.07) is 2.43. The van der Waals surface area contributed by atoms with Crippen LogP contribution in [-0.2, 0) is 7.05 Å². The molecule has 1 aromatic carbocycles. The molecule has 0 aliphatic rings. The van der Waals surface area contributed by atoms with Gasteiger partial charge in [0.25, 0.3) is 5.91 Å². The number of hydrogen-bond donors (Lipinski definition) is 2. The van der Waals surface area contributed by atoms with Gasteiger partial charge in [-0.1, -0.05) is 15.9 Å². The van der Waals surface area contributed by atoms with Gasteiger partial charge < -0.3 is 5.11 Å². The third-order valence-corrected chi connectivity index (χ3v) is 3.33. The zero-order valence-corrected chi connectivity index (χ0v) is 14.0. The number of carbonyl (C=O) groups is 1. The topological polar surface area (TPSA) is 166 Å². The van der Waals surface area contributed by atoms with Crippen LogP contribution >= 0.6 is 15.9 Å². The molecule has 0 radical (unpaired) electrons. The van der Waals surface area contributed by atoms with Gasteiger partial charge in [0.15, 0.2) is 0 Å². The van der Waals surface area contributed by atoms with Crippen LogP contribution in [0.4, 0.5) is 11.4 Å². The van der Waals surface area contributed by atoms with Crippen molar-refractivity contribution in [2.24, 2.45) is 12.1 Å². The van der Waals surface area contributed by atoms with Gasteiger partial charge in [-0.15, -0.1) is 0 Å². The zero-order valence-electron chi connectivity index (χ0n) is 12.4. The van der Waals surface area contributed by atoms with E-state index in [-0.39, 0.29) is 5.56 Å². The van der Waals surface area contributed by atoms with E-state index >= 15 is 0 Å². The molecule has 0 saturated carbocycles. The van der Waals surface area contributed by atoms with Gasteiger partial charge in [-0.3, -0.25) is 29.7 Å². The highest BCUT2D eigenvalue weighted by Crippen LogP contribution is 2.32. The summed E-state index contributed by atoms with van der Waals surface area (Å²) in [6.45, 7) is 0. The highest BCUT2D eigenvalue weighted by Gasteiger charge is 2.24. The van der Waals surface area contributed by atoms with Crippen LogP contribution in [0.5, 0.6) is 5.75 Å². The molecule has 1 aromatic heterocycles. The van der Waals surface area contributed by atoms with Crippen LogP contribution in [0.2, 0.25) is 0 Å². The number of carbonyl (C=O) groups excluding carboxylic acids is 1. The van der Waals surface area contributed by atoms with Gasteiger partial charge in [0, 0.05) is 23.2 Å². The van der Waals surface area contributed by atoms with Crippen molar-refractivity contribution in [3.8, 4) is 5.75 Å². The molecular weight excluding hydrogens is 404 g/mol. The lowest BCUT2D eigenvalue weighted by Crippen LogP contribution is -2.19. The highest BCUT2D eigenvalue weighted by molar-refractivity contribution is 9.10. The Morgan fingerprint density at radius 1 is 1.36 bits per heavy atom. The summed E-state index contributed by atoms with van der Waals surface area (Å²) >= 11 is 3.05. The van der Waals surface area contributed by atoms with Crippen molar-refractivity contribution < 1.29 is 19.7 Å². The first-order valence-electron chi connectivity index (χ1n) is 6.39. The second kappa shape index (κ2) is 7.04. The molecule has 0 saturated heterocycles. The Bertz CT molecular complexity index is 908. The Balaban J connectivity index is 2.23. The number of phenolic OH excluding ortho intramolecular Hbond substituents is 1. The first-order chi connectivity index (χ1) is 11.7. The van der Waals surface area contributed by atoms with E-state index in [9.17, 15) is 30.1 Å². The molecular formula is C12H9BrN6O6. The number of nitrogens with zero attached hydrogens (tertiary/aromatic N) is 5. The van der Waals surface area contributed by atoms with Crippen molar-refractivity contribution in [1.29, 1.82) is 0 Å². The second-order valence-electron chi connectivity index (χ2n) is 4.61. The van der Waals surface area contributed by atoms with Gasteiger partial charge >= 0.3 is 11.4 Å². The van der Waals surface area contributed by atoms with Crippen LogP contribution in [0.1, 0.15) is 16.1 Å². The molecule has 0 atom stereocenters. The van der Waals surface area contributed by atoms with E-state index in [0.29, 0.717) is 4.47 Å². The second-order valence-corrected chi connectivity index (χ2v) is 5.53. The van der Waals surface area contributed by atoms with Gasteiger partial charge in [-0.05, 0) is 6.07 Å². The maximum absolute atomic E-state index is 11.9. The lowest BCUT2D eigenvalue weighted by molar-refractivity contribution is -0.386. The average molecular weight is 413 g/mol. The summed E-state index contributed by atoms with van der Waals surface area (Å²) in [7, 11) is 1.41. The van der Waals surface area contributed by atoms with E-state index in [2.05, 4.69) is 26.1 Å². The number of phenols is 1. The summed E-state index contributed by atoms with van der Waals surface area (Å²) < 4.78 is 1.41. The summed E-state index contributed by atoms with van der Waals surface area (Å²) in [5, 5.41) is 38.7. The van der Waals surface area contributed by atoms with Gasteiger partial charge in [0.1, 0.15) is 6.20 Å². The predicted octanol–water partition coefficient (Wildman–Crippen LogP) is 1.47. The number of nitrogens with one attached hydrogen (secondary N) is 1. The molecule has 0 aliphatic heterocycles. The van der Waals surface area contributed by atoms with Crippen molar-refractivity contribution in [2.45, 2.75) is 0 Å². The van der Waals surface area contributed by atoms with Crippen LogP contribution < -0.4 is 5.43 Å². The first-order valence-corrected chi connectivity index (χ1v) is 7.18. The standard InChI is InChI=1S/C12H9BrN6O6/c1-17-5-9(19(24)25)10(16-17)12(21)15-14-4-6-2-7(13)3-8(11(6)20)18(22)23/h2-5,20H,1H3,(H,15,21). The number of aryl methyl sites for hydroxylation is 1. The largest absolute Gasteiger partial charge is 0.502 e. The van der Waals surface area contributed by atoms with Crippen LogP contribution in [0.15, 0.2) is 27.9 Å². The molecule has 12 nitrogen and oxygen atoms in total. The number of rotatable bonds is 5. The fourth-order valence-corrected chi connectivity index (χ4v) is 2.29. The average Bonchev–Trinajstić information content (AvgIpc) is 2.92. The fraction of sp³-hybridized carbons (Fsp3) is 0.0833. The minimum Gasteiger partial charge on any atom is -0.502 e. The lowest BCUT2D eigenvalue weighted by atomic mass is 10.2. The zero-order chi connectivity index (χ0) is 18.7. The quantitative estimate of drug-likeness (QED) is 0.425. The molecule has 0 aliphatic carbocycles. The molecule has 25 heavy (non-hydrogen) atoms. The number of halogens is 1. The van der Waals surface area contributed by atoms with Crippen LogP contribution in [0.3, 0.4) is 0 Å². The van der Waals surface area contributed by atoms with Crippen molar-refractivity contribution in [3.63, 3.8) is 0 Å². The molecule has 1 heterocycles. The third-order valence-electron chi connectivity index (χ3n) is 2.87. The van der Waals surface area contributed by atoms with Crippen molar-refractivity contribution in [2.75, 3.05) is 0 Å². The molecule has 0 unspecified atom stereocenters. The summed E-state index contributed by atoms with van der Waals surface area (Å²) in [5.74, 6) is -1.59. The minimum atomic E-state index is -0.951. The van der Waals surface area contributed by atoms with E-state index < -0.39 is 38.6 Å². The van der Waals surface area contributed by atoms with Crippen molar-refractivity contribution >= 4 is 39.4 Å². The Hall–Kier alpha value is -3.35. The van der Waals surface area contributed by atoms with E-state index in [4.69, 9.17) is 0 Å². The number of nitro groups is 2. The molecule has 0 spiro atoms. The number of hydrazone groups is 1. The molecule has 1 amide bonds. The maximum atomic E-state index is 11.9. The van der Waals surface area contributed by atoms with Crippen LogP contribution in [0, 0.1) is 20.2 Å². The Morgan fingerprint density at radius 3 is 2.60 bits per heavy atom. The van der Waals surface area contributed by atoms with Crippen molar-refractivity contribution in [1.82, 2.24) is 15.2 Å². The van der Waals surface area contributed by atoms with E-state index in [1.807, 2.05) is 5.43 Å². The number of hydrogen-bond acceptors (Lipinski definition) is 8. The van der Waals surface area contributed by atoms with Gasteiger partial charge in [0.2, 0.25) is 11.4 Å². The number of nitro benzene ring substituents is 1. The fourth-order valence-electron chi connectivity index (χ4n) is 1.83. The smallest absolute Gasteiger partial charge is 0.320 e. The molecule has 0 fully saturated rings. The Labute approximate surface area is 147 Å². The first kappa shape index (κ1) is 18.0. The molecule has 130 valence electrons. The molecule has 2 aromatic rings. The summed E-state index contributed by atoms with van der Waals surface area (Å²) in [4.78, 5) is 32.0. The third kappa shape index (κ3) is 3.95. The van der Waals surface area contributed by atoms with Gasteiger partial charge in [-0.25, -0.2) is 5.43 Å². The molecule has 2 N–H and O–H groups in total. The van der Waals surface area contributed by atoms with E-state index in [1.165, 1.54) is 13.1 Å². The normalized spacial score (nSPS) is 10.8. The van der Waals surface area contributed by atoms with Crippen LogP contribution in [0.25, 0.3) is 0 Å². The number of benzene rings is 1. The predicted molar refractivity (Wildman–Crippen MR) is 87.4 cm³/mol. The summed E-state index contributed by atoms with van der Waals surface area (Å²) in [5.41, 5.74) is 0.454. The van der Waals surface area contributed by atoms with Crippen LogP contribution in [-0.4, -0.2) is 36.9 Å². The molecule has 2 rings (SSSR count). The Morgan fingerprint density at radius 2 is 2.00 bits per heavy atom. The molecule has 13 heteroatoms. The SMILES string of the molecule is Cn1cc([N+](=O)[O-])c(C(=O)NN=Cc2cc(Br)cc([N+](=O)[O-])c2O)n1. The minimum absolute atomic E-state index is 0.0445. The highest BCUT2D eigenvalue weighted by atomic mass is 79.9. The summed E-state index contributed by atoms with van der Waals surface area (Å²) in [6.07, 6.45) is 2.02. The van der Waals surface area contributed by atoms with E-state index in [0.717, 1.165) is 23.2 Å². The van der Waals surface area contributed by atoms with Gasteiger partial charge in [0.05, 0.1) is 16.1 Å². The number of amides is 1. The van der Waals surface area contributed by atoms with E-state index in [1.54, 1.807) is 0 Å². The monoisotopic (exact) mass is 412 g/mol. The van der Waals surface area contributed by atoms with Crippen molar-refractivity contribution in [3.05, 3.63) is 54.3 Å². The lowest BCUT2D eigenvalue weighted by Gasteiger charge is -2.01.